The Bertz CT molecular complexity index is 530. The first-order valence-electron chi connectivity index (χ1n) is 8.05. The topological polar surface area (TPSA) is 32.7 Å². The third-order valence-corrected chi connectivity index (χ3v) is 6.00. The van der Waals surface area contributed by atoms with Crippen LogP contribution in [0.3, 0.4) is 0 Å². The predicted molar refractivity (Wildman–Crippen MR) is 84.8 cm³/mol. The summed E-state index contributed by atoms with van der Waals surface area (Å²) in [5.74, 6) is 1.00. The monoisotopic (exact) mass is 289 g/mol. The van der Waals surface area contributed by atoms with Gasteiger partial charge in [-0.05, 0) is 60.9 Å². The van der Waals surface area contributed by atoms with Crippen LogP contribution in [0.1, 0.15) is 38.3 Å². The summed E-state index contributed by atoms with van der Waals surface area (Å²) in [6, 6.07) is 6.52. The molecular weight excluding hydrogens is 262 g/mol. The third kappa shape index (κ3) is 2.36. The van der Waals surface area contributed by atoms with Crippen LogP contribution in [0.25, 0.3) is 0 Å². The van der Waals surface area contributed by atoms with Gasteiger partial charge in [0.25, 0.3) is 0 Å². The molecule has 1 fully saturated rings. The van der Waals surface area contributed by atoms with Crippen molar-refractivity contribution >= 4 is 0 Å². The zero-order valence-corrected chi connectivity index (χ0v) is 13.6. The van der Waals surface area contributed by atoms with E-state index < -0.39 is 0 Å². The predicted octanol–water partition coefficient (Wildman–Crippen LogP) is 2.95. The fourth-order valence-corrected chi connectivity index (χ4v) is 4.33. The molecule has 2 bridgehead atoms. The maximum Gasteiger partial charge on any atom is 0.115 e. The second-order valence-electron chi connectivity index (χ2n) is 7.11. The molecule has 0 saturated carbocycles. The number of aromatic hydroxyl groups is 1. The van der Waals surface area contributed by atoms with E-state index in [1.165, 1.54) is 11.1 Å². The molecule has 1 aromatic rings. The Kier molecular flexibility index (Phi) is 3.74. The summed E-state index contributed by atoms with van der Waals surface area (Å²) >= 11 is 0. The third-order valence-electron chi connectivity index (χ3n) is 6.00. The number of hydrogen-bond acceptors (Lipinski definition) is 3. The maximum absolute atomic E-state index is 9.86. The van der Waals surface area contributed by atoms with E-state index in [-0.39, 0.29) is 11.5 Å². The van der Waals surface area contributed by atoms with Gasteiger partial charge < -0.3 is 9.84 Å². The lowest BCUT2D eigenvalue weighted by atomic mass is 9.59. The SMILES string of the molecule is CO[C@@H](C)CN1CC[C@]2(C)c3cc(O)ccc3C[C@H]1[C@H]2C. The zero-order chi connectivity index (χ0) is 15.2. The minimum atomic E-state index is 0.184. The molecule has 3 nitrogen and oxygen atoms in total. The van der Waals surface area contributed by atoms with Gasteiger partial charge in [0.1, 0.15) is 5.75 Å². The van der Waals surface area contributed by atoms with E-state index in [9.17, 15) is 5.11 Å². The average Bonchev–Trinajstić information content (AvgIpc) is 2.46. The van der Waals surface area contributed by atoms with Crippen molar-refractivity contribution in [2.75, 3.05) is 20.2 Å². The Morgan fingerprint density at radius 3 is 2.95 bits per heavy atom. The molecule has 2 aliphatic rings. The second kappa shape index (κ2) is 5.29. The van der Waals surface area contributed by atoms with Crippen LogP contribution in [0.15, 0.2) is 18.2 Å². The molecule has 3 rings (SSSR count). The highest BCUT2D eigenvalue weighted by Gasteiger charge is 2.48. The van der Waals surface area contributed by atoms with E-state index in [0.717, 1.165) is 25.9 Å². The number of methoxy groups -OCH3 is 1. The van der Waals surface area contributed by atoms with Crippen LogP contribution in [0, 0.1) is 5.92 Å². The summed E-state index contributed by atoms with van der Waals surface area (Å²) in [4.78, 5) is 2.61. The molecule has 21 heavy (non-hydrogen) atoms. The van der Waals surface area contributed by atoms with Crippen LogP contribution < -0.4 is 0 Å². The van der Waals surface area contributed by atoms with Gasteiger partial charge >= 0.3 is 0 Å². The molecule has 1 heterocycles. The Balaban J connectivity index is 1.94. The Morgan fingerprint density at radius 1 is 1.48 bits per heavy atom. The van der Waals surface area contributed by atoms with Crippen molar-refractivity contribution < 1.29 is 9.84 Å². The summed E-state index contributed by atoms with van der Waals surface area (Å²) < 4.78 is 5.46. The number of fused-ring (bicyclic) bond motifs is 4. The van der Waals surface area contributed by atoms with E-state index in [4.69, 9.17) is 4.74 Å². The lowest BCUT2D eigenvalue weighted by Crippen LogP contribution is -2.59. The Morgan fingerprint density at radius 2 is 2.24 bits per heavy atom. The van der Waals surface area contributed by atoms with Crippen LogP contribution >= 0.6 is 0 Å². The standard InChI is InChI=1S/C18H27NO2/c1-12(21-4)11-19-8-7-18(3)13(2)17(19)9-14-5-6-15(20)10-16(14)18/h5-6,10,12-13,17,20H,7-9,11H2,1-4H3/t12-,13+,17-,18-/m0/s1. The van der Waals surface area contributed by atoms with Crippen molar-refractivity contribution in [3.8, 4) is 5.75 Å². The smallest absolute Gasteiger partial charge is 0.115 e. The van der Waals surface area contributed by atoms with Gasteiger partial charge in [0.15, 0.2) is 0 Å². The van der Waals surface area contributed by atoms with Gasteiger partial charge in [-0.3, -0.25) is 4.90 Å². The maximum atomic E-state index is 9.86. The Hall–Kier alpha value is -1.06. The molecule has 116 valence electrons. The van der Waals surface area contributed by atoms with Crippen molar-refractivity contribution in [3.63, 3.8) is 0 Å². The van der Waals surface area contributed by atoms with Gasteiger partial charge in [0, 0.05) is 19.7 Å². The van der Waals surface area contributed by atoms with E-state index in [0.29, 0.717) is 17.7 Å². The summed E-state index contributed by atoms with van der Waals surface area (Å²) in [5.41, 5.74) is 2.96. The first kappa shape index (κ1) is 14.9. The molecule has 4 atom stereocenters. The summed E-state index contributed by atoms with van der Waals surface area (Å²) in [6.07, 6.45) is 2.52. The van der Waals surface area contributed by atoms with E-state index in [1.807, 2.05) is 12.1 Å². The number of benzene rings is 1. The summed E-state index contributed by atoms with van der Waals surface area (Å²) in [6.45, 7) is 9.02. The molecule has 0 aromatic heterocycles. The van der Waals surface area contributed by atoms with Crippen molar-refractivity contribution in [2.45, 2.75) is 51.2 Å². The number of phenols is 1. The van der Waals surface area contributed by atoms with Crippen molar-refractivity contribution in [2.24, 2.45) is 5.92 Å². The molecule has 1 aromatic carbocycles. The van der Waals surface area contributed by atoms with Gasteiger partial charge in [0.2, 0.25) is 0 Å². The van der Waals surface area contributed by atoms with Gasteiger partial charge in [-0.1, -0.05) is 19.9 Å². The van der Waals surface area contributed by atoms with Gasteiger partial charge in [-0.2, -0.15) is 0 Å². The van der Waals surface area contributed by atoms with Crippen LogP contribution in [0.4, 0.5) is 0 Å². The highest BCUT2D eigenvalue weighted by molar-refractivity contribution is 5.44. The summed E-state index contributed by atoms with van der Waals surface area (Å²) in [7, 11) is 1.79. The summed E-state index contributed by atoms with van der Waals surface area (Å²) in [5, 5.41) is 9.86. The normalized spacial score (nSPS) is 33.5. The van der Waals surface area contributed by atoms with E-state index in [2.05, 4.69) is 31.7 Å². The first-order valence-corrected chi connectivity index (χ1v) is 8.05. The Labute approximate surface area is 127 Å². The molecule has 1 saturated heterocycles. The van der Waals surface area contributed by atoms with Gasteiger partial charge in [0.05, 0.1) is 6.10 Å². The molecule has 1 aliphatic heterocycles. The molecule has 0 unspecified atom stereocenters. The molecule has 3 heteroatoms. The van der Waals surface area contributed by atoms with Gasteiger partial charge in [-0.15, -0.1) is 0 Å². The quantitative estimate of drug-likeness (QED) is 0.928. The number of phenolic OH excluding ortho intramolecular Hbond substituents is 1. The lowest BCUT2D eigenvalue weighted by Gasteiger charge is -2.55. The largest absolute Gasteiger partial charge is 0.508 e. The van der Waals surface area contributed by atoms with Crippen LogP contribution in [0.2, 0.25) is 0 Å². The molecule has 0 spiro atoms. The molecule has 1 aliphatic carbocycles. The minimum Gasteiger partial charge on any atom is -0.508 e. The van der Waals surface area contributed by atoms with E-state index >= 15 is 0 Å². The average molecular weight is 289 g/mol. The first-order chi connectivity index (χ1) is 9.95. The second-order valence-corrected chi connectivity index (χ2v) is 7.11. The van der Waals surface area contributed by atoms with E-state index in [1.54, 1.807) is 7.11 Å². The lowest BCUT2D eigenvalue weighted by molar-refractivity contribution is -0.00624. The van der Waals surface area contributed by atoms with Crippen molar-refractivity contribution in [1.29, 1.82) is 0 Å². The van der Waals surface area contributed by atoms with Crippen LogP contribution in [-0.2, 0) is 16.6 Å². The number of nitrogens with zero attached hydrogens (tertiary/aromatic N) is 1. The number of likely N-dealkylation sites (tertiary alicyclic amines) is 1. The molecule has 1 N–H and O–H groups in total. The molecule has 0 amide bonds. The highest BCUT2D eigenvalue weighted by atomic mass is 16.5. The minimum absolute atomic E-state index is 0.184. The number of piperidine rings is 1. The number of ether oxygens (including phenoxy) is 1. The van der Waals surface area contributed by atoms with Crippen molar-refractivity contribution in [3.05, 3.63) is 29.3 Å². The van der Waals surface area contributed by atoms with Crippen molar-refractivity contribution in [1.82, 2.24) is 4.90 Å². The molecule has 0 radical (unpaired) electrons. The van der Waals surface area contributed by atoms with Crippen LogP contribution in [0.5, 0.6) is 5.75 Å². The van der Waals surface area contributed by atoms with Crippen LogP contribution in [-0.4, -0.2) is 42.4 Å². The zero-order valence-electron chi connectivity index (χ0n) is 13.6. The van der Waals surface area contributed by atoms with Gasteiger partial charge in [-0.25, -0.2) is 0 Å². The molecular formula is C18H27NO2. The fourth-order valence-electron chi connectivity index (χ4n) is 4.33. The fraction of sp³-hybridized carbons (Fsp3) is 0.667. The number of rotatable bonds is 3. The highest BCUT2D eigenvalue weighted by Crippen LogP contribution is 2.49. The number of hydrogen-bond donors (Lipinski definition) is 1.